The topological polar surface area (TPSA) is 84.8 Å². The van der Waals surface area contributed by atoms with Gasteiger partial charge in [-0.3, -0.25) is 0 Å². The molecule has 2 rings (SSSR count). The highest BCUT2D eigenvalue weighted by Gasteiger charge is 2.52. The molecule has 2 saturated heterocycles. The monoisotopic (exact) mass is 600 g/mol. The summed E-state index contributed by atoms with van der Waals surface area (Å²) in [6.45, 7) is 11.3. The summed E-state index contributed by atoms with van der Waals surface area (Å²) in [5.41, 5.74) is -1.23. The maximum atomic E-state index is 10.5. The fraction of sp³-hybridized carbons (Fsp3) is 0.913. The number of ether oxygens (including phenoxy) is 6. The first kappa shape index (κ1) is 29.4. The zero-order chi connectivity index (χ0) is 24.7. The lowest BCUT2D eigenvalue weighted by atomic mass is 9.86. The molecule has 0 saturated carbocycles. The number of aliphatic hydroxyl groups excluding tert-OH is 1. The lowest BCUT2D eigenvalue weighted by Gasteiger charge is -2.47. The van der Waals surface area contributed by atoms with E-state index in [1.54, 1.807) is 14.2 Å². The van der Waals surface area contributed by atoms with Gasteiger partial charge >= 0.3 is 0 Å². The molecule has 1 N–H and O–H groups in total. The number of aliphatic hydroxyl groups is 1. The third-order valence-corrected chi connectivity index (χ3v) is 7.47. The van der Waals surface area contributed by atoms with Crippen LogP contribution in [0.15, 0.2) is 0 Å². The molecule has 0 aromatic carbocycles. The van der Waals surface area contributed by atoms with Crippen molar-refractivity contribution in [3.63, 3.8) is 0 Å². The van der Waals surface area contributed by atoms with Gasteiger partial charge in [0.1, 0.15) is 25.3 Å². The van der Waals surface area contributed by atoms with Crippen LogP contribution in [0, 0.1) is 9.85 Å². The molecule has 192 valence electrons. The van der Waals surface area contributed by atoms with Gasteiger partial charge in [-0.2, -0.15) is 0 Å². The van der Waals surface area contributed by atoms with Gasteiger partial charge in [-0.05, 0) is 50.3 Å². The number of fused-ring (bicyclic) bond motifs is 1. The van der Waals surface area contributed by atoms with Crippen LogP contribution in [-0.2, 0) is 32.8 Å². The number of hydrogen-bond donors (Lipinski definition) is 1. The van der Waals surface area contributed by atoms with Crippen LogP contribution in [0.4, 0.5) is 0 Å². The second-order valence-electron chi connectivity index (χ2n) is 10.2. The predicted octanol–water partition coefficient (Wildman–Crippen LogP) is 3.45. The minimum absolute atomic E-state index is 0.147. The van der Waals surface area contributed by atoms with Crippen LogP contribution in [-0.4, -0.2) is 89.6 Å². The quantitative estimate of drug-likeness (QED) is 0.127. The molecule has 10 heteroatoms. The van der Waals surface area contributed by atoms with Gasteiger partial charge in [0.2, 0.25) is 0 Å². The Kier molecular flexibility index (Phi) is 11.5. The molecular formula is C23H41IO8Si. The Hall–Kier alpha value is 0.187. The van der Waals surface area contributed by atoms with Crippen LogP contribution in [0.2, 0.25) is 19.6 Å². The summed E-state index contributed by atoms with van der Waals surface area (Å²) in [5, 5.41) is 10.5. The van der Waals surface area contributed by atoms with Crippen molar-refractivity contribution in [3.8, 4) is 9.85 Å². The molecular weight excluding hydrogens is 559 g/mol. The van der Waals surface area contributed by atoms with Gasteiger partial charge < -0.3 is 38.0 Å². The highest BCUT2D eigenvalue weighted by Crippen LogP contribution is 2.42. The number of methoxy groups -OCH3 is 2. The fourth-order valence-electron chi connectivity index (χ4n) is 4.74. The van der Waals surface area contributed by atoms with Crippen molar-refractivity contribution in [1.82, 2.24) is 0 Å². The summed E-state index contributed by atoms with van der Waals surface area (Å²) in [6, 6.07) is 0. The van der Waals surface area contributed by atoms with Crippen LogP contribution in [0.1, 0.15) is 39.5 Å². The van der Waals surface area contributed by atoms with Gasteiger partial charge in [0, 0.05) is 49.7 Å². The largest absolute Gasteiger partial charge is 0.410 e. The zero-order valence-corrected chi connectivity index (χ0v) is 24.2. The van der Waals surface area contributed by atoms with Crippen LogP contribution in [0.5, 0.6) is 0 Å². The molecule has 0 aromatic rings. The molecule has 0 aliphatic carbocycles. The van der Waals surface area contributed by atoms with Gasteiger partial charge in [0.25, 0.3) is 0 Å². The molecule has 2 aliphatic rings. The highest BCUT2D eigenvalue weighted by molar-refractivity contribution is 14.1. The Morgan fingerprint density at radius 2 is 1.85 bits per heavy atom. The van der Waals surface area contributed by atoms with Gasteiger partial charge in [0.15, 0.2) is 8.32 Å². The third kappa shape index (κ3) is 8.66. The van der Waals surface area contributed by atoms with Crippen LogP contribution >= 0.6 is 22.6 Å². The normalized spacial score (nSPS) is 35.8. The first-order valence-electron chi connectivity index (χ1n) is 11.5. The fourth-order valence-corrected chi connectivity index (χ4v) is 6.73. The Bertz CT molecular complexity index is 665. The molecule has 0 unspecified atom stereocenters. The van der Waals surface area contributed by atoms with Crippen molar-refractivity contribution in [3.05, 3.63) is 0 Å². The van der Waals surface area contributed by atoms with E-state index in [0.29, 0.717) is 19.4 Å². The Balaban J connectivity index is 2.29. The van der Waals surface area contributed by atoms with Crippen molar-refractivity contribution < 1.29 is 38.0 Å². The minimum atomic E-state index is -1.90. The summed E-state index contributed by atoms with van der Waals surface area (Å²) in [5.74, 6) is 2.83. The molecule has 33 heavy (non-hydrogen) atoms. The number of halogens is 1. The summed E-state index contributed by atoms with van der Waals surface area (Å²) < 4.78 is 44.6. The smallest absolute Gasteiger partial charge is 0.184 e. The molecule has 7 atom stereocenters. The van der Waals surface area contributed by atoms with Gasteiger partial charge in [-0.15, -0.1) is 0 Å². The van der Waals surface area contributed by atoms with E-state index in [9.17, 15) is 5.11 Å². The van der Waals surface area contributed by atoms with E-state index in [0.717, 1.165) is 12.8 Å². The average molecular weight is 601 g/mol. The predicted molar refractivity (Wildman–Crippen MR) is 136 cm³/mol. The molecule has 0 amide bonds. The van der Waals surface area contributed by atoms with Gasteiger partial charge in [0.05, 0.1) is 36.6 Å². The highest BCUT2D eigenvalue weighted by atomic mass is 127. The minimum Gasteiger partial charge on any atom is -0.410 e. The standard InChI is InChI=1S/C23H41IO8Si/c1-22(32-33(5,6)7)10-8-18-19(30-21(22)12-17(25)9-11-24)13-20(29-16-27-4)23(2,31-18)14-28-15-26-3/h17-21,25H,8,10,12-16H2,1-7H3/t17-,18-,19+,20-,21-,22+,23+/m0/s1. The number of rotatable bonds is 11. The molecule has 2 aliphatic heterocycles. The van der Waals surface area contributed by atoms with E-state index in [4.69, 9.17) is 32.8 Å². The molecule has 2 fully saturated rings. The summed E-state index contributed by atoms with van der Waals surface area (Å²) in [6.07, 6.45) is 0.756. The van der Waals surface area contributed by atoms with Crippen molar-refractivity contribution in [2.24, 2.45) is 0 Å². The van der Waals surface area contributed by atoms with Crippen LogP contribution in [0.25, 0.3) is 0 Å². The number of hydrogen-bond acceptors (Lipinski definition) is 8. The first-order valence-corrected chi connectivity index (χ1v) is 15.9. The van der Waals surface area contributed by atoms with E-state index in [1.807, 2.05) is 29.5 Å². The third-order valence-electron chi connectivity index (χ3n) is 6.08. The van der Waals surface area contributed by atoms with E-state index in [1.165, 1.54) is 0 Å². The Labute approximate surface area is 213 Å². The van der Waals surface area contributed by atoms with E-state index < -0.39 is 25.6 Å². The van der Waals surface area contributed by atoms with Crippen molar-refractivity contribution in [2.45, 2.75) is 101 Å². The maximum absolute atomic E-state index is 10.5. The Morgan fingerprint density at radius 3 is 2.45 bits per heavy atom. The van der Waals surface area contributed by atoms with Gasteiger partial charge in [-0.1, -0.05) is 5.92 Å². The van der Waals surface area contributed by atoms with E-state index >= 15 is 0 Å². The van der Waals surface area contributed by atoms with Crippen molar-refractivity contribution in [2.75, 3.05) is 34.4 Å². The second-order valence-corrected chi connectivity index (χ2v) is 15.2. The zero-order valence-electron chi connectivity index (χ0n) is 21.0. The Morgan fingerprint density at radius 1 is 1.15 bits per heavy atom. The molecule has 0 aromatic heterocycles. The lowest BCUT2D eigenvalue weighted by Crippen LogP contribution is -2.59. The molecule has 0 spiro atoms. The van der Waals surface area contributed by atoms with Crippen molar-refractivity contribution in [1.29, 1.82) is 0 Å². The molecule has 2 heterocycles. The molecule has 0 radical (unpaired) electrons. The van der Waals surface area contributed by atoms with E-state index in [-0.39, 0.29) is 38.0 Å². The van der Waals surface area contributed by atoms with Crippen LogP contribution in [0.3, 0.4) is 0 Å². The summed E-state index contributed by atoms with van der Waals surface area (Å²) in [7, 11) is 1.29. The van der Waals surface area contributed by atoms with E-state index in [2.05, 4.69) is 36.4 Å². The first-order chi connectivity index (χ1) is 15.5. The lowest BCUT2D eigenvalue weighted by molar-refractivity contribution is -0.276. The van der Waals surface area contributed by atoms with Crippen LogP contribution < -0.4 is 0 Å². The summed E-state index contributed by atoms with van der Waals surface area (Å²) >= 11 is 1.94. The van der Waals surface area contributed by atoms with Gasteiger partial charge in [-0.25, -0.2) is 0 Å². The molecule has 0 bridgehead atoms. The SMILES string of the molecule is COCOC[C@@]1(C)O[C@H]2CC[C@@](C)(O[Si](C)(C)C)[C@H](C[C@@H](O)C#CI)O[C@@H]2C[C@@H]1OCOC. The maximum Gasteiger partial charge on any atom is 0.184 e. The molecule has 8 nitrogen and oxygen atoms in total. The summed E-state index contributed by atoms with van der Waals surface area (Å²) in [4.78, 5) is 0. The second kappa shape index (κ2) is 12.9. The average Bonchev–Trinajstić information content (AvgIpc) is 2.82. The van der Waals surface area contributed by atoms with Crippen molar-refractivity contribution >= 4 is 30.9 Å².